The Kier molecular flexibility index (Phi) is 4.14. The Hall–Kier alpha value is -2.63. The Labute approximate surface area is 116 Å². The predicted molar refractivity (Wildman–Crippen MR) is 75.9 cm³/mol. The molecule has 0 saturated heterocycles. The number of hydrogen-bond acceptors (Lipinski definition) is 5. The average molecular weight is 273 g/mol. The lowest BCUT2D eigenvalue weighted by atomic mass is 10.2. The van der Waals surface area contributed by atoms with E-state index in [9.17, 15) is 10.1 Å². The van der Waals surface area contributed by atoms with E-state index in [0.717, 1.165) is 5.69 Å². The van der Waals surface area contributed by atoms with Gasteiger partial charge in [0.25, 0.3) is 0 Å². The number of nitrogens with zero attached hydrogens (tertiary/aromatic N) is 2. The second-order valence-electron chi connectivity index (χ2n) is 4.23. The minimum Gasteiger partial charge on any atom is -0.490 e. The Morgan fingerprint density at radius 3 is 2.70 bits per heavy atom. The summed E-state index contributed by atoms with van der Waals surface area (Å²) >= 11 is 0. The summed E-state index contributed by atoms with van der Waals surface area (Å²) in [5.41, 5.74) is 1.15. The maximum absolute atomic E-state index is 11.2. The zero-order valence-corrected chi connectivity index (χ0v) is 11.2. The maximum Gasteiger partial charge on any atom is 0.333 e. The number of hydrogen-bond donors (Lipinski definition) is 1. The van der Waals surface area contributed by atoms with Crippen LogP contribution in [0.1, 0.15) is 18.7 Å². The van der Waals surface area contributed by atoms with Crippen LogP contribution in [0.15, 0.2) is 42.6 Å². The smallest absolute Gasteiger partial charge is 0.333 e. The number of nitro groups is 1. The Balaban J connectivity index is 2.32. The number of nitro benzene ring substituents is 1. The molecule has 0 saturated carbocycles. The number of anilines is 1. The van der Waals surface area contributed by atoms with Crippen LogP contribution >= 0.6 is 0 Å². The number of aromatic nitrogens is 1. The molecule has 1 unspecified atom stereocenters. The fraction of sp³-hybridized carbons (Fsp3) is 0.214. The van der Waals surface area contributed by atoms with Gasteiger partial charge in [-0.1, -0.05) is 12.1 Å². The van der Waals surface area contributed by atoms with Crippen LogP contribution < -0.4 is 10.1 Å². The molecule has 0 fully saturated rings. The van der Waals surface area contributed by atoms with Crippen molar-refractivity contribution in [1.29, 1.82) is 0 Å². The lowest BCUT2D eigenvalue weighted by Crippen LogP contribution is -2.10. The highest BCUT2D eigenvalue weighted by atomic mass is 16.6. The van der Waals surface area contributed by atoms with Gasteiger partial charge in [-0.3, -0.25) is 15.1 Å². The van der Waals surface area contributed by atoms with Crippen LogP contribution in [0.25, 0.3) is 0 Å². The van der Waals surface area contributed by atoms with Gasteiger partial charge in [-0.25, -0.2) is 0 Å². The number of benzene rings is 1. The maximum atomic E-state index is 11.2. The van der Waals surface area contributed by atoms with E-state index in [-0.39, 0.29) is 17.5 Å². The normalized spacial score (nSPS) is 11.7. The van der Waals surface area contributed by atoms with Crippen LogP contribution in [0.3, 0.4) is 0 Å². The van der Waals surface area contributed by atoms with Crippen LogP contribution in [0.5, 0.6) is 5.75 Å². The molecule has 20 heavy (non-hydrogen) atoms. The molecule has 0 aliphatic heterocycles. The van der Waals surface area contributed by atoms with Crippen LogP contribution in [0.4, 0.5) is 11.4 Å². The summed E-state index contributed by atoms with van der Waals surface area (Å²) in [5.74, 6) is 0.230. The van der Waals surface area contributed by atoms with Crippen molar-refractivity contribution in [3.8, 4) is 5.75 Å². The van der Waals surface area contributed by atoms with Gasteiger partial charge in [0.15, 0.2) is 5.75 Å². The average Bonchev–Trinajstić information content (AvgIpc) is 2.47. The van der Waals surface area contributed by atoms with E-state index in [1.54, 1.807) is 24.4 Å². The number of ether oxygens (including phenoxy) is 1. The molecule has 6 heteroatoms. The van der Waals surface area contributed by atoms with Crippen LogP contribution in [0.2, 0.25) is 0 Å². The van der Waals surface area contributed by atoms with Crippen LogP contribution in [0, 0.1) is 10.1 Å². The van der Waals surface area contributed by atoms with E-state index in [2.05, 4.69) is 10.3 Å². The molecule has 1 atom stereocenters. The third-order valence-corrected chi connectivity index (χ3v) is 2.90. The summed E-state index contributed by atoms with van der Waals surface area (Å²) in [6.07, 6.45) is 1.69. The third-order valence-electron chi connectivity index (χ3n) is 2.90. The van der Waals surface area contributed by atoms with Crippen molar-refractivity contribution in [2.24, 2.45) is 0 Å². The van der Waals surface area contributed by atoms with Crippen molar-refractivity contribution in [2.75, 3.05) is 12.4 Å². The number of methoxy groups -OCH3 is 1. The zero-order valence-electron chi connectivity index (χ0n) is 11.2. The summed E-state index contributed by atoms with van der Waals surface area (Å²) in [5, 5.41) is 14.3. The van der Waals surface area contributed by atoms with Gasteiger partial charge in [0.05, 0.1) is 23.8 Å². The van der Waals surface area contributed by atoms with Crippen molar-refractivity contribution < 1.29 is 9.66 Å². The first-order chi connectivity index (χ1) is 9.63. The van der Waals surface area contributed by atoms with E-state index in [1.807, 2.05) is 25.1 Å². The second-order valence-corrected chi connectivity index (χ2v) is 4.23. The predicted octanol–water partition coefficient (Wildman–Crippen LogP) is 3.17. The Bertz CT molecular complexity index is 602. The summed E-state index contributed by atoms with van der Waals surface area (Å²) in [7, 11) is 1.41. The molecule has 0 radical (unpaired) electrons. The molecule has 0 spiro atoms. The van der Waals surface area contributed by atoms with Crippen molar-refractivity contribution in [1.82, 2.24) is 4.98 Å². The molecule has 0 aliphatic rings. The summed E-state index contributed by atoms with van der Waals surface area (Å²) < 4.78 is 5.04. The van der Waals surface area contributed by atoms with Crippen LogP contribution in [-0.4, -0.2) is 17.0 Å². The van der Waals surface area contributed by atoms with Gasteiger partial charge < -0.3 is 10.1 Å². The van der Waals surface area contributed by atoms with Gasteiger partial charge in [0, 0.05) is 6.20 Å². The highest BCUT2D eigenvalue weighted by molar-refractivity contribution is 5.68. The fourth-order valence-electron chi connectivity index (χ4n) is 1.93. The summed E-state index contributed by atoms with van der Waals surface area (Å²) in [4.78, 5) is 15.0. The number of para-hydroxylation sites is 1. The highest BCUT2D eigenvalue weighted by Gasteiger charge is 2.21. The van der Waals surface area contributed by atoms with Crippen molar-refractivity contribution in [3.63, 3.8) is 0 Å². The second kappa shape index (κ2) is 6.01. The van der Waals surface area contributed by atoms with Crippen molar-refractivity contribution in [3.05, 3.63) is 58.4 Å². The molecule has 2 rings (SSSR count). The fourth-order valence-corrected chi connectivity index (χ4v) is 1.93. The first kappa shape index (κ1) is 13.8. The Morgan fingerprint density at radius 2 is 2.10 bits per heavy atom. The molecule has 0 bridgehead atoms. The number of pyridine rings is 1. The van der Waals surface area contributed by atoms with Gasteiger partial charge in [0.2, 0.25) is 0 Å². The van der Waals surface area contributed by atoms with E-state index >= 15 is 0 Å². The minimum absolute atomic E-state index is 0.0715. The Morgan fingerprint density at radius 1 is 1.30 bits per heavy atom. The molecule has 0 aliphatic carbocycles. The number of rotatable bonds is 5. The molecule has 104 valence electrons. The zero-order chi connectivity index (χ0) is 14.5. The van der Waals surface area contributed by atoms with E-state index < -0.39 is 4.92 Å². The van der Waals surface area contributed by atoms with E-state index in [0.29, 0.717) is 5.69 Å². The molecule has 1 aromatic heterocycles. The highest BCUT2D eigenvalue weighted by Crippen LogP contribution is 2.36. The van der Waals surface area contributed by atoms with Crippen LogP contribution in [-0.2, 0) is 0 Å². The van der Waals surface area contributed by atoms with Crippen molar-refractivity contribution >= 4 is 11.4 Å². The molecule has 0 amide bonds. The third kappa shape index (κ3) is 2.85. The topological polar surface area (TPSA) is 77.3 Å². The van der Waals surface area contributed by atoms with Gasteiger partial charge in [-0.15, -0.1) is 0 Å². The first-order valence-corrected chi connectivity index (χ1v) is 6.12. The molecule has 1 heterocycles. The largest absolute Gasteiger partial charge is 0.490 e. The number of nitrogens with one attached hydrogen (secondary N) is 1. The molecule has 6 nitrogen and oxygen atoms in total. The molecular weight excluding hydrogens is 258 g/mol. The van der Waals surface area contributed by atoms with Gasteiger partial charge in [-0.05, 0) is 31.2 Å². The molecule has 2 aromatic rings. The summed E-state index contributed by atoms with van der Waals surface area (Å²) in [6, 6.07) is 10.3. The van der Waals surface area contributed by atoms with Gasteiger partial charge in [-0.2, -0.15) is 0 Å². The van der Waals surface area contributed by atoms with Crippen molar-refractivity contribution in [2.45, 2.75) is 13.0 Å². The SMILES string of the molecule is COc1cccc(NC(C)c2ccccn2)c1[N+](=O)[O-]. The first-order valence-electron chi connectivity index (χ1n) is 6.12. The molecule has 1 aromatic carbocycles. The van der Waals surface area contributed by atoms with E-state index in [1.165, 1.54) is 7.11 Å². The summed E-state index contributed by atoms with van der Waals surface area (Å²) in [6.45, 7) is 1.89. The van der Waals surface area contributed by atoms with Gasteiger partial charge >= 0.3 is 5.69 Å². The lowest BCUT2D eigenvalue weighted by molar-refractivity contribution is -0.384. The monoisotopic (exact) mass is 273 g/mol. The van der Waals surface area contributed by atoms with Gasteiger partial charge in [0.1, 0.15) is 5.69 Å². The van der Waals surface area contributed by atoms with E-state index in [4.69, 9.17) is 4.74 Å². The lowest BCUT2D eigenvalue weighted by Gasteiger charge is -2.15. The quantitative estimate of drug-likeness (QED) is 0.668. The molecule has 1 N–H and O–H groups in total. The standard InChI is InChI=1S/C14H15N3O3/c1-10(11-6-3-4-9-15-11)16-12-7-5-8-13(20-2)14(12)17(18)19/h3-10,16H,1-2H3. The molecular formula is C14H15N3O3. The minimum atomic E-state index is -0.452.